The molecule has 0 radical (unpaired) electrons. The number of sulfonamides is 1. The highest BCUT2D eigenvalue weighted by Gasteiger charge is 2.19. The number of phenols is 1. The number of fused-ring (bicyclic) bond motifs is 1. The standard InChI is InChI=1S/C25H22N4O5S/c1-15-6-5-8-17(12-15)27-25(31)20-13-16-7-3-4-9-19(16)23(24(20)30)29-28-21-14-18(35(26,32)33)10-11-22(21)34-2/h3-14,30H,1-2H3,(H,27,31)(H2,26,32,33)/b29-28+. The lowest BCUT2D eigenvalue weighted by atomic mass is 10.0. The molecule has 4 aromatic rings. The van der Waals surface area contributed by atoms with Crippen molar-refractivity contribution in [1.29, 1.82) is 0 Å². The van der Waals surface area contributed by atoms with Crippen LogP contribution in [0.15, 0.2) is 87.9 Å². The van der Waals surface area contributed by atoms with E-state index in [1.54, 1.807) is 42.5 Å². The SMILES string of the molecule is COc1ccc(S(N)(=O)=O)cc1/N=N/c1c(O)c(C(=O)Nc2cccc(C)c2)cc2ccccc12. The Balaban J connectivity index is 1.82. The summed E-state index contributed by atoms with van der Waals surface area (Å²) < 4.78 is 28.8. The van der Waals surface area contributed by atoms with Crippen molar-refractivity contribution >= 4 is 43.8 Å². The lowest BCUT2D eigenvalue weighted by Crippen LogP contribution is -2.12. The number of aromatic hydroxyl groups is 1. The molecule has 0 spiro atoms. The number of amides is 1. The molecule has 0 fully saturated rings. The van der Waals surface area contributed by atoms with Crippen molar-refractivity contribution in [3.05, 3.63) is 83.9 Å². The number of carbonyl (C=O) groups is 1. The van der Waals surface area contributed by atoms with Gasteiger partial charge in [0.15, 0.2) is 5.75 Å². The summed E-state index contributed by atoms with van der Waals surface area (Å²) in [4.78, 5) is 12.9. The van der Waals surface area contributed by atoms with Crippen molar-refractivity contribution in [1.82, 2.24) is 0 Å². The molecule has 9 nitrogen and oxygen atoms in total. The molecular formula is C25H22N4O5S. The van der Waals surface area contributed by atoms with Gasteiger partial charge in [0.05, 0.1) is 17.6 Å². The molecule has 0 saturated carbocycles. The number of anilines is 1. The van der Waals surface area contributed by atoms with Crippen LogP contribution in [0, 0.1) is 6.92 Å². The number of methoxy groups -OCH3 is 1. The Kier molecular flexibility index (Phi) is 6.50. The van der Waals surface area contributed by atoms with Gasteiger partial charge in [0.1, 0.15) is 17.1 Å². The third-order valence-corrected chi connectivity index (χ3v) is 6.16. The van der Waals surface area contributed by atoms with Crippen LogP contribution in [-0.4, -0.2) is 26.5 Å². The predicted octanol–water partition coefficient (Wildman–Crippen LogP) is 5.18. The number of nitrogens with two attached hydrogens (primary N) is 1. The number of nitrogens with zero attached hydrogens (tertiary/aromatic N) is 2. The summed E-state index contributed by atoms with van der Waals surface area (Å²) in [5, 5.41) is 28.5. The second kappa shape index (κ2) is 9.53. The van der Waals surface area contributed by atoms with Crippen molar-refractivity contribution in [2.75, 3.05) is 12.4 Å². The summed E-state index contributed by atoms with van der Waals surface area (Å²) >= 11 is 0. The van der Waals surface area contributed by atoms with E-state index >= 15 is 0 Å². The average molecular weight is 491 g/mol. The Hall–Kier alpha value is -4.28. The van der Waals surface area contributed by atoms with Crippen molar-refractivity contribution < 1.29 is 23.1 Å². The van der Waals surface area contributed by atoms with Gasteiger partial charge in [-0.15, -0.1) is 10.2 Å². The molecule has 0 atom stereocenters. The average Bonchev–Trinajstić information content (AvgIpc) is 2.82. The molecule has 0 aromatic heterocycles. The number of aryl methyl sites for hydroxylation is 1. The molecule has 10 heteroatoms. The Labute approximate surface area is 201 Å². The van der Waals surface area contributed by atoms with E-state index in [1.807, 2.05) is 19.1 Å². The predicted molar refractivity (Wildman–Crippen MR) is 133 cm³/mol. The fraction of sp³-hybridized carbons (Fsp3) is 0.0800. The van der Waals surface area contributed by atoms with Gasteiger partial charge in [-0.25, -0.2) is 13.6 Å². The molecule has 1 amide bonds. The molecule has 0 unspecified atom stereocenters. The van der Waals surface area contributed by atoms with Gasteiger partial charge in [0, 0.05) is 11.1 Å². The zero-order valence-corrected chi connectivity index (χ0v) is 19.7. The van der Waals surface area contributed by atoms with E-state index in [4.69, 9.17) is 9.88 Å². The molecule has 0 saturated heterocycles. The number of nitrogens with one attached hydrogen (secondary N) is 1. The first-order valence-electron chi connectivity index (χ1n) is 10.4. The number of carbonyl (C=O) groups excluding carboxylic acids is 1. The van der Waals surface area contributed by atoms with Crippen LogP contribution in [0.25, 0.3) is 10.8 Å². The lowest BCUT2D eigenvalue weighted by molar-refractivity contribution is 0.102. The first kappa shape index (κ1) is 23.9. The van der Waals surface area contributed by atoms with Gasteiger partial charge in [-0.05, 0) is 54.3 Å². The highest BCUT2D eigenvalue weighted by molar-refractivity contribution is 7.89. The number of hydrogen-bond acceptors (Lipinski definition) is 7. The summed E-state index contributed by atoms with van der Waals surface area (Å²) in [6.45, 7) is 1.90. The second-order valence-electron chi connectivity index (χ2n) is 7.74. The molecule has 178 valence electrons. The first-order chi connectivity index (χ1) is 16.7. The number of ether oxygens (including phenoxy) is 1. The van der Waals surface area contributed by atoms with Crippen LogP contribution in [0.4, 0.5) is 17.1 Å². The quantitative estimate of drug-likeness (QED) is 0.319. The molecule has 0 aliphatic rings. The Morgan fingerprint density at radius 3 is 2.49 bits per heavy atom. The van der Waals surface area contributed by atoms with Gasteiger partial charge in [0.25, 0.3) is 5.91 Å². The van der Waals surface area contributed by atoms with Gasteiger partial charge < -0.3 is 15.2 Å². The maximum Gasteiger partial charge on any atom is 0.259 e. The van der Waals surface area contributed by atoms with E-state index in [9.17, 15) is 18.3 Å². The normalized spacial score (nSPS) is 11.6. The summed E-state index contributed by atoms with van der Waals surface area (Å²) in [5.74, 6) is -0.651. The molecule has 0 aliphatic carbocycles. The monoisotopic (exact) mass is 490 g/mol. The Morgan fingerprint density at radius 1 is 1.00 bits per heavy atom. The van der Waals surface area contributed by atoms with Gasteiger partial charge in [-0.3, -0.25) is 4.79 Å². The molecule has 0 heterocycles. The minimum Gasteiger partial charge on any atom is -0.505 e. The molecule has 4 aromatic carbocycles. The maximum absolute atomic E-state index is 13.0. The van der Waals surface area contributed by atoms with Crippen molar-refractivity contribution in [3.8, 4) is 11.5 Å². The van der Waals surface area contributed by atoms with E-state index in [1.165, 1.54) is 25.3 Å². The van der Waals surface area contributed by atoms with Crippen molar-refractivity contribution in [3.63, 3.8) is 0 Å². The highest BCUT2D eigenvalue weighted by Crippen LogP contribution is 2.40. The minimum atomic E-state index is -3.99. The Bertz CT molecular complexity index is 1580. The van der Waals surface area contributed by atoms with Gasteiger partial charge >= 0.3 is 0 Å². The molecule has 0 bridgehead atoms. The molecule has 4 rings (SSSR count). The number of benzene rings is 4. The van der Waals surface area contributed by atoms with Gasteiger partial charge in [-0.1, -0.05) is 36.4 Å². The summed E-state index contributed by atoms with van der Waals surface area (Å²) in [7, 11) is -2.59. The molecule has 0 aliphatic heterocycles. The van der Waals surface area contributed by atoms with Crippen LogP contribution in [-0.2, 0) is 10.0 Å². The fourth-order valence-corrected chi connectivity index (χ4v) is 4.08. The van der Waals surface area contributed by atoms with Gasteiger partial charge in [0.2, 0.25) is 10.0 Å². The van der Waals surface area contributed by atoms with E-state index < -0.39 is 15.9 Å². The molecule has 4 N–H and O–H groups in total. The Morgan fingerprint density at radius 2 is 1.77 bits per heavy atom. The summed E-state index contributed by atoms with van der Waals surface area (Å²) in [5.41, 5.74) is 1.67. The minimum absolute atomic E-state index is 0.00408. The number of hydrogen-bond donors (Lipinski definition) is 3. The summed E-state index contributed by atoms with van der Waals surface area (Å²) in [6.07, 6.45) is 0. The van der Waals surface area contributed by atoms with E-state index in [0.29, 0.717) is 16.5 Å². The zero-order chi connectivity index (χ0) is 25.2. The lowest BCUT2D eigenvalue weighted by Gasteiger charge is -2.12. The highest BCUT2D eigenvalue weighted by atomic mass is 32.2. The van der Waals surface area contributed by atoms with E-state index in [0.717, 1.165) is 5.56 Å². The van der Waals surface area contributed by atoms with Crippen LogP contribution in [0.3, 0.4) is 0 Å². The van der Waals surface area contributed by atoms with E-state index in [2.05, 4.69) is 15.5 Å². The fourth-order valence-electron chi connectivity index (χ4n) is 3.54. The van der Waals surface area contributed by atoms with Crippen LogP contribution in [0.5, 0.6) is 11.5 Å². The summed E-state index contributed by atoms with van der Waals surface area (Å²) in [6, 6.07) is 19.8. The smallest absolute Gasteiger partial charge is 0.259 e. The van der Waals surface area contributed by atoms with Crippen LogP contribution in [0.1, 0.15) is 15.9 Å². The molecule has 35 heavy (non-hydrogen) atoms. The van der Waals surface area contributed by atoms with Crippen LogP contribution < -0.4 is 15.2 Å². The largest absolute Gasteiger partial charge is 0.505 e. The number of rotatable bonds is 6. The molecular weight excluding hydrogens is 468 g/mol. The van der Waals surface area contributed by atoms with Crippen LogP contribution in [0.2, 0.25) is 0 Å². The van der Waals surface area contributed by atoms with Gasteiger partial charge in [-0.2, -0.15) is 0 Å². The number of phenolic OH excluding ortho intramolecular Hbond substituents is 1. The van der Waals surface area contributed by atoms with E-state index in [-0.39, 0.29) is 33.3 Å². The second-order valence-corrected chi connectivity index (χ2v) is 9.31. The third-order valence-electron chi connectivity index (χ3n) is 5.25. The zero-order valence-electron chi connectivity index (χ0n) is 18.9. The third kappa shape index (κ3) is 5.13. The first-order valence-corrected chi connectivity index (χ1v) is 12.0. The van der Waals surface area contributed by atoms with Crippen molar-refractivity contribution in [2.45, 2.75) is 11.8 Å². The van der Waals surface area contributed by atoms with Crippen molar-refractivity contribution in [2.24, 2.45) is 15.4 Å². The topological polar surface area (TPSA) is 143 Å². The number of azo groups is 1. The van der Waals surface area contributed by atoms with Crippen LogP contribution >= 0.6 is 0 Å². The number of primary sulfonamides is 1. The maximum atomic E-state index is 13.0.